The standard InChI is InChI=1S/C10H19N3O3/c1-13-8-9(11)10(12-13)16-7-6-15-5-3-4-14-2/h8H,3-7,11H2,1-2H3. The highest BCUT2D eigenvalue weighted by Gasteiger charge is 2.04. The molecule has 0 aliphatic rings. The molecule has 0 saturated heterocycles. The number of nitrogens with two attached hydrogens (primary N) is 1. The van der Waals surface area contributed by atoms with Gasteiger partial charge in [0.05, 0.1) is 12.8 Å². The normalized spacial score (nSPS) is 10.6. The van der Waals surface area contributed by atoms with E-state index in [0.717, 1.165) is 6.42 Å². The van der Waals surface area contributed by atoms with E-state index in [1.807, 2.05) is 0 Å². The Bertz CT molecular complexity index is 301. The molecule has 0 aliphatic heterocycles. The van der Waals surface area contributed by atoms with Gasteiger partial charge in [0.25, 0.3) is 5.88 Å². The van der Waals surface area contributed by atoms with Crippen LogP contribution in [0.4, 0.5) is 5.69 Å². The summed E-state index contributed by atoms with van der Waals surface area (Å²) in [5, 5.41) is 4.05. The largest absolute Gasteiger partial charge is 0.473 e. The molecule has 1 heterocycles. The van der Waals surface area contributed by atoms with E-state index < -0.39 is 0 Å². The summed E-state index contributed by atoms with van der Waals surface area (Å²) in [6.45, 7) is 2.37. The molecule has 0 spiro atoms. The molecular formula is C10H19N3O3. The van der Waals surface area contributed by atoms with Crippen LogP contribution >= 0.6 is 0 Å². The fraction of sp³-hybridized carbons (Fsp3) is 0.700. The SMILES string of the molecule is COCCCOCCOc1nn(C)cc1N. The van der Waals surface area contributed by atoms with Crippen molar-refractivity contribution in [2.45, 2.75) is 6.42 Å². The summed E-state index contributed by atoms with van der Waals surface area (Å²) in [6, 6.07) is 0. The number of hydrogen-bond acceptors (Lipinski definition) is 5. The van der Waals surface area contributed by atoms with E-state index in [0.29, 0.717) is 38.0 Å². The van der Waals surface area contributed by atoms with Crippen molar-refractivity contribution in [3.05, 3.63) is 6.20 Å². The van der Waals surface area contributed by atoms with E-state index in [2.05, 4.69) is 5.10 Å². The monoisotopic (exact) mass is 229 g/mol. The number of nitrogens with zero attached hydrogens (tertiary/aromatic N) is 2. The van der Waals surface area contributed by atoms with Crippen LogP contribution in [0.5, 0.6) is 5.88 Å². The van der Waals surface area contributed by atoms with Crippen LogP contribution in [0, 0.1) is 0 Å². The third kappa shape index (κ3) is 4.50. The topological polar surface area (TPSA) is 71.5 Å². The third-order valence-corrected chi connectivity index (χ3v) is 1.93. The highest BCUT2D eigenvalue weighted by molar-refractivity contribution is 5.45. The van der Waals surface area contributed by atoms with Gasteiger partial charge in [0.1, 0.15) is 12.3 Å². The van der Waals surface area contributed by atoms with Crippen molar-refractivity contribution in [1.82, 2.24) is 9.78 Å². The van der Waals surface area contributed by atoms with Crippen LogP contribution in [-0.4, -0.2) is 43.3 Å². The molecule has 0 aliphatic carbocycles. The minimum atomic E-state index is 0.453. The lowest BCUT2D eigenvalue weighted by Crippen LogP contribution is -2.09. The second kappa shape index (κ2) is 7.08. The van der Waals surface area contributed by atoms with Crippen LogP contribution in [0.2, 0.25) is 0 Å². The minimum Gasteiger partial charge on any atom is -0.473 e. The van der Waals surface area contributed by atoms with Crippen molar-refractivity contribution < 1.29 is 14.2 Å². The number of ether oxygens (including phenoxy) is 3. The van der Waals surface area contributed by atoms with Crippen LogP contribution in [0.25, 0.3) is 0 Å². The third-order valence-electron chi connectivity index (χ3n) is 1.93. The van der Waals surface area contributed by atoms with Crippen molar-refractivity contribution in [1.29, 1.82) is 0 Å². The fourth-order valence-electron chi connectivity index (χ4n) is 1.20. The first kappa shape index (κ1) is 12.8. The lowest BCUT2D eigenvalue weighted by atomic mass is 10.5. The first-order valence-electron chi connectivity index (χ1n) is 5.22. The molecule has 2 N–H and O–H groups in total. The second-order valence-electron chi connectivity index (χ2n) is 3.37. The molecule has 92 valence electrons. The van der Waals surface area contributed by atoms with Crippen molar-refractivity contribution in [3.8, 4) is 5.88 Å². The van der Waals surface area contributed by atoms with Crippen LogP contribution in [0.15, 0.2) is 6.20 Å². The molecule has 0 unspecified atom stereocenters. The lowest BCUT2D eigenvalue weighted by molar-refractivity contribution is 0.0796. The summed E-state index contributed by atoms with van der Waals surface area (Å²) >= 11 is 0. The van der Waals surface area contributed by atoms with Gasteiger partial charge in [-0.05, 0) is 6.42 Å². The Morgan fingerprint density at radius 1 is 1.31 bits per heavy atom. The Labute approximate surface area is 95.3 Å². The quantitative estimate of drug-likeness (QED) is 0.655. The number of aromatic nitrogens is 2. The molecule has 0 fully saturated rings. The molecule has 0 bridgehead atoms. The zero-order valence-corrected chi connectivity index (χ0v) is 9.81. The summed E-state index contributed by atoms with van der Waals surface area (Å²) in [5.74, 6) is 0.461. The number of hydrogen-bond donors (Lipinski definition) is 1. The molecule has 1 rings (SSSR count). The molecule has 0 saturated carbocycles. The summed E-state index contributed by atoms with van der Waals surface area (Å²) in [4.78, 5) is 0. The highest BCUT2D eigenvalue weighted by atomic mass is 16.5. The minimum absolute atomic E-state index is 0.453. The molecule has 0 atom stereocenters. The van der Waals surface area contributed by atoms with Crippen molar-refractivity contribution in [2.24, 2.45) is 7.05 Å². The van der Waals surface area contributed by atoms with E-state index in [4.69, 9.17) is 19.9 Å². The Hall–Kier alpha value is -1.27. The Kier molecular flexibility index (Phi) is 5.66. The van der Waals surface area contributed by atoms with Gasteiger partial charge >= 0.3 is 0 Å². The van der Waals surface area contributed by atoms with Crippen molar-refractivity contribution in [3.63, 3.8) is 0 Å². The predicted molar refractivity (Wildman–Crippen MR) is 60.4 cm³/mol. The number of methoxy groups -OCH3 is 1. The van der Waals surface area contributed by atoms with E-state index in [-0.39, 0.29) is 0 Å². The maximum absolute atomic E-state index is 5.66. The molecule has 1 aromatic heterocycles. The van der Waals surface area contributed by atoms with Gasteiger partial charge in [0.15, 0.2) is 0 Å². The van der Waals surface area contributed by atoms with Gasteiger partial charge in [-0.25, -0.2) is 0 Å². The lowest BCUT2D eigenvalue weighted by Gasteiger charge is -2.05. The van der Waals surface area contributed by atoms with Crippen LogP contribution < -0.4 is 10.5 Å². The molecule has 1 aromatic rings. The smallest absolute Gasteiger partial charge is 0.256 e. The Morgan fingerprint density at radius 2 is 2.12 bits per heavy atom. The van der Waals surface area contributed by atoms with Gasteiger partial charge in [-0.2, -0.15) is 0 Å². The number of aryl methyl sites for hydroxylation is 1. The van der Waals surface area contributed by atoms with E-state index >= 15 is 0 Å². The fourth-order valence-corrected chi connectivity index (χ4v) is 1.20. The van der Waals surface area contributed by atoms with Crippen LogP contribution in [0.3, 0.4) is 0 Å². The molecule has 6 nitrogen and oxygen atoms in total. The summed E-state index contributed by atoms with van der Waals surface area (Å²) in [7, 11) is 3.47. The van der Waals surface area contributed by atoms with Crippen molar-refractivity contribution in [2.75, 3.05) is 39.3 Å². The number of nitrogen functional groups attached to an aromatic ring is 1. The Morgan fingerprint density at radius 3 is 2.75 bits per heavy atom. The molecular weight excluding hydrogens is 210 g/mol. The van der Waals surface area contributed by atoms with Crippen LogP contribution in [0.1, 0.15) is 6.42 Å². The first-order valence-corrected chi connectivity index (χ1v) is 5.22. The van der Waals surface area contributed by atoms with Gasteiger partial charge < -0.3 is 19.9 Å². The predicted octanol–water partition coefficient (Wildman–Crippen LogP) is 0.434. The molecule has 0 amide bonds. The van der Waals surface area contributed by atoms with Crippen LogP contribution in [-0.2, 0) is 16.5 Å². The van der Waals surface area contributed by atoms with E-state index in [1.54, 1.807) is 25.0 Å². The summed E-state index contributed by atoms with van der Waals surface area (Å²) < 4.78 is 17.2. The molecule has 16 heavy (non-hydrogen) atoms. The molecule has 6 heteroatoms. The number of anilines is 1. The summed E-state index contributed by atoms with van der Waals surface area (Å²) in [5.41, 5.74) is 6.20. The molecule has 0 aromatic carbocycles. The second-order valence-corrected chi connectivity index (χ2v) is 3.37. The van der Waals surface area contributed by atoms with Gasteiger partial charge in [0.2, 0.25) is 0 Å². The van der Waals surface area contributed by atoms with Crippen molar-refractivity contribution >= 4 is 5.69 Å². The van der Waals surface area contributed by atoms with Gasteiger partial charge in [0, 0.05) is 27.4 Å². The zero-order chi connectivity index (χ0) is 11.8. The van der Waals surface area contributed by atoms with E-state index in [9.17, 15) is 0 Å². The molecule has 0 radical (unpaired) electrons. The highest BCUT2D eigenvalue weighted by Crippen LogP contribution is 2.16. The summed E-state index contributed by atoms with van der Waals surface area (Å²) in [6.07, 6.45) is 2.59. The van der Waals surface area contributed by atoms with Gasteiger partial charge in [-0.3, -0.25) is 4.68 Å². The maximum Gasteiger partial charge on any atom is 0.256 e. The average molecular weight is 229 g/mol. The van der Waals surface area contributed by atoms with Gasteiger partial charge in [-0.15, -0.1) is 5.10 Å². The first-order chi connectivity index (χ1) is 7.74. The zero-order valence-electron chi connectivity index (χ0n) is 9.81. The average Bonchev–Trinajstić information content (AvgIpc) is 2.56. The van der Waals surface area contributed by atoms with Gasteiger partial charge in [-0.1, -0.05) is 0 Å². The maximum atomic E-state index is 5.66. The Balaban J connectivity index is 2.05. The van der Waals surface area contributed by atoms with E-state index in [1.165, 1.54) is 0 Å². The number of rotatable bonds is 8.